The topological polar surface area (TPSA) is 95.7 Å². The highest BCUT2D eigenvalue weighted by Gasteiger charge is 2.32. The molecule has 4 N–H and O–H groups in total. The molecule has 0 aromatic heterocycles. The summed E-state index contributed by atoms with van der Waals surface area (Å²) in [6.07, 6.45) is 6.20. The molecular formula is C16H29N3O3. The quantitative estimate of drug-likeness (QED) is 0.684. The number of aliphatic hydroxyl groups excluding tert-OH is 1. The van der Waals surface area contributed by atoms with Crippen molar-refractivity contribution in [2.45, 2.75) is 70.1 Å². The summed E-state index contributed by atoms with van der Waals surface area (Å²) in [6, 6.07) is 0.173. The molecule has 1 saturated heterocycles. The van der Waals surface area contributed by atoms with Crippen LogP contribution >= 0.6 is 0 Å². The van der Waals surface area contributed by atoms with Crippen molar-refractivity contribution in [2.75, 3.05) is 13.1 Å². The normalized spacial score (nSPS) is 24.6. The van der Waals surface area contributed by atoms with E-state index in [2.05, 4.69) is 10.2 Å². The second-order valence-corrected chi connectivity index (χ2v) is 6.74. The van der Waals surface area contributed by atoms with Gasteiger partial charge in [0, 0.05) is 6.04 Å². The molecule has 126 valence electrons. The van der Waals surface area contributed by atoms with Gasteiger partial charge in [0.05, 0.1) is 6.04 Å². The average Bonchev–Trinajstić information content (AvgIpc) is 2.54. The van der Waals surface area contributed by atoms with Crippen molar-refractivity contribution in [2.24, 2.45) is 11.7 Å². The third-order valence-corrected chi connectivity index (χ3v) is 5.19. The summed E-state index contributed by atoms with van der Waals surface area (Å²) in [4.78, 5) is 25.5. The van der Waals surface area contributed by atoms with Crippen molar-refractivity contribution in [1.82, 2.24) is 10.2 Å². The zero-order chi connectivity index (χ0) is 16.1. The molecule has 0 radical (unpaired) electrons. The molecule has 2 fully saturated rings. The summed E-state index contributed by atoms with van der Waals surface area (Å²) in [5, 5.41) is 12.9. The first-order valence-corrected chi connectivity index (χ1v) is 8.51. The Bertz CT molecular complexity index is 388. The van der Waals surface area contributed by atoms with E-state index in [1.165, 1.54) is 19.3 Å². The lowest BCUT2D eigenvalue weighted by molar-refractivity contribution is -0.132. The van der Waals surface area contributed by atoms with Gasteiger partial charge in [-0.25, -0.2) is 0 Å². The van der Waals surface area contributed by atoms with E-state index in [0.29, 0.717) is 32.0 Å². The van der Waals surface area contributed by atoms with Gasteiger partial charge in [0.2, 0.25) is 11.8 Å². The van der Waals surface area contributed by atoms with E-state index in [1.807, 2.05) is 6.92 Å². The smallest absolute Gasteiger partial charge is 0.246 e. The number of hydrogen-bond donors (Lipinski definition) is 3. The largest absolute Gasteiger partial charge is 0.383 e. The molecule has 0 bridgehead atoms. The van der Waals surface area contributed by atoms with Crippen LogP contribution in [0.2, 0.25) is 0 Å². The number of aliphatic hydroxyl groups is 1. The predicted octanol–water partition coefficient (Wildman–Crippen LogP) is 0.382. The fourth-order valence-corrected chi connectivity index (χ4v) is 3.59. The summed E-state index contributed by atoms with van der Waals surface area (Å²) in [6.45, 7) is 3.37. The number of piperidine rings is 1. The van der Waals surface area contributed by atoms with Crippen molar-refractivity contribution < 1.29 is 14.7 Å². The first-order chi connectivity index (χ1) is 10.5. The first-order valence-electron chi connectivity index (χ1n) is 8.51. The van der Waals surface area contributed by atoms with Crippen molar-refractivity contribution in [3.8, 4) is 0 Å². The summed E-state index contributed by atoms with van der Waals surface area (Å²) in [5.41, 5.74) is 5.15. The summed E-state index contributed by atoms with van der Waals surface area (Å²) >= 11 is 0. The number of nitrogens with two attached hydrogens (primary N) is 1. The number of nitrogens with zero attached hydrogens (tertiary/aromatic N) is 1. The van der Waals surface area contributed by atoms with Crippen LogP contribution in [0.15, 0.2) is 0 Å². The van der Waals surface area contributed by atoms with Gasteiger partial charge in [-0.15, -0.1) is 0 Å². The van der Waals surface area contributed by atoms with Crippen LogP contribution in [-0.4, -0.2) is 53.1 Å². The van der Waals surface area contributed by atoms with Crippen molar-refractivity contribution in [3.05, 3.63) is 0 Å². The van der Waals surface area contributed by atoms with Gasteiger partial charge in [-0.1, -0.05) is 19.3 Å². The van der Waals surface area contributed by atoms with E-state index in [0.717, 1.165) is 12.8 Å². The highest BCUT2D eigenvalue weighted by Crippen LogP contribution is 2.23. The maximum absolute atomic E-state index is 12.4. The Labute approximate surface area is 132 Å². The molecule has 2 atom stereocenters. The SMILES string of the molecule is C[C@H](C(=O)NC1CCCCC1)N1CCC([C@H](O)C(N)=O)CC1. The third-order valence-electron chi connectivity index (χ3n) is 5.19. The Morgan fingerprint density at radius 1 is 1.14 bits per heavy atom. The van der Waals surface area contributed by atoms with Crippen LogP contribution in [-0.2, 0) is 9.59 Å². The molecule has 1 heterocycles. The lowest BCUT2D eigenvalue weighted by Crippen LogP contribution is -2.52. The Morgan fingerprint density at radius 2 is 1.73 bits per heavy atom. The molecule has 2 amide bonds. The molecule has 22 heavy (non-hydrogen) atoms. The second-order valence-electron chi connectivity index (χ2n) is 6.74. The van der Waals surface area contributed by atoms with E-state index < -0.39 is 12.0 Å². The van der Waals surface area contributed by atoms with Gasteiger partial charge in [0.25, 0.3) is 0 Å². The van der Waals surface area contributed by atoms with Gasteiger partial charge in [0.1, 0.15) is 6.10 Å². The van der Waals surface area contributed by atoms with E-state index in [-0.39, 0.29) is 17.9 Å². The van der Waals surface area contributed by atoms with E-state index in [1.54, 1.807) is 0 Å². The Kier molecular flexibility index (Phi) is 6.20. The van der Waals surface area contributed by atoms with Gasteiger partial charge in [0.15, 0.2) is 0 Å². The third kappa shape index (κ3) is 4.43. The van der Waals surface area contributed by atoms with Crippen LogP contribution in [0, 0.1) is 5.92 Å². The first kappa shape index (κ1) is 17.2. The van der Waals surface area contributed by atoms with E-state index >= 15 is 0 Å². The fourth-order valence-electron chi connectivity index (χ4n) is 3.59. The van der Waals surface area contributed by atoms with Crippen molar-refractivity contribution in [1.29, 1.82) is 0 Å². The zero-order valence-corrected chi connectivity index (χ0v) is 13.5. The Morgan fingerprint density at radius 3 is 2.27 bits per heavy atom. The van der Waals surface area contributed by atoms with Crippen LogP contribution < -0.4 is 11.1 Å². The molecule has 1 aliphatic carbocycles. The van der Waals surface area contributed by atoms with E-state index in [4.69, 9.17) is 5.73 Å². The number of primary amides is 1. The number of likely N-dealkylation sites (tertiary alicyclic amines) is 1. The van der Waals surface area contributed by atoms with Crippen LogP contribution in [0.4, 0.5) is 0 Å². The van der Waals surface area contributed by atoms with Gasteiger partial charge >= 0.3 is 0 Å². The van der Waals surface area contributed by atoms with Gasteiger partial charge < -0.3 is 16.2 Å². The Hall–Kier alpha value is -1.14. The minimum absolute atomic E-state index is 0.0812. The molecule has 0 aromatic rings. The van der Waals surface area contributed by atoms with Crippen LogP contribution in [0.25, 0.3) is 0 Å². The van der Waals surface area contributed by atoms with Gasteiger partial charge in [-0.05, 0) is 51.6 Å². The number of nitrogens with one attached hydrogen (secondary N) is 1. The van der Waals surface area contributed by atoms with Crippen LogP contribution in [0.5, 0.6) is 0 Å². The molecule has 0 spiro atoms. The zero-order valence-electron chi connectivity index (χ0n) is 13.5. The summed E-state index contributed by atoms with van der Waals surface area (Å²) in [7, 11) is 0. The molecular weight excluding hydrogens is 282 g/mol. The number of carbonyl (C=O) groups excluding carboxylic acids is 2. The van der Waals surface area contributed by atoms with Crippen LogP contribution in [0.1, 0.15) is 51.9 Å². The molecule has 6 nitrogen and oxygen atoms in total. The lowest BCUT2D eigenvalue weighted by atomic mass is 9.90. The summed E-state index contributed by atoms with van der Waals surface area (Å²) < 4.78 is 0. The van der Waals surface area contributed by atoms with Gasteiger partial charge in [-0.2, -0.15) is 0 Å². The van der Waals surface area contributed by atoms with Crippen molar-refractivity contribution in [3.63, 3.8) is 0 Å². The highest BCUT2D eigenvalue weighted by molar-refractivity contribution is 5.81. The number of amides is 2. The lowest BCUT2D eigenvalue weighted by Gasteiger charge is -2.37. The summed E-state index contributed by atoms with van der Waals surface area (Å²) in [5.74, 6) is -0.635. The van der Waals surface area contributed by atoms with Crippen LogP contribution in [0.3, 0.4) is 0 Å². The molecule has 1 saturated carbocycles. The number of rotatable bonds is 5. The number of hydrogen-bond acceptors (Lipinski definition) is 4. The van der Waals surface area contributed by atoms with Gasteiger partial charge in [-0.3, -0.25) is 14.5 Å². The molecule has 2 aliphatic rings. The maximum Gasteiger partial charge on any atom is 0.246 e. The molecule has 0 aromatic carbocycles. The Balaban J connectivity index is 1.77. The van der Waals surface area contributed by atoms with E-state index in [9.17, 15) is 14.7 Å². The fraction of sp³-hybridized carbons (Fsp3) is 0.875. The van der Waals surface area contributed by atoms with Crippen molar-refractivity contribution >= 4 is 11.8 Å². The maximum atomic E-state index is 12.4. The minimum Gasteiger partial charge on any atom is -0.383 e. The predicted molar refractivity (Wildman–Crippen MR) is 84.0 cm³/mol. The monoisotopic (exact) mass is 311 g/mol. The minimum atomic E-state index is -1.06. The highest BCUT2D eigenvalue weighted by atomic mass is 16.3. The molecule has 0 unspecified atom stereocenters. The second kappa shape index (κ2) is 7.92. The average molecular weight is 311 g/mol. The molecule has 6 heteroatoms. The standard InChI is InChI=1S/C16H29N3O3/c1-11(16(22)18-13-5-3-2-4-6-13)19-9-7-12(8-10-19)14(20)15(17)21/h11-14,20H,2-10H2,1H3,(H2,17,21)(H,18,22)/t11-,14+/m1/s1. The number of carbonyl (C=O) groups is 2. The molecule has 2 rings (SSSR count). The molecule has 1 aliphatic heterocycles.